The van der Waals surface area contributed by atoms with E-state index in [4.69, 9.17) is 11.6 Å². The second-order valence-corrected chi connectivity index (χ2v) is 3.52. The molecule has 0 aromatic carbocycles. The lowest BCUT2D eigenvalue weighted by atomic mass is 10.5. The molecule has 0 saturated carbocycles. The highest BCUT2D eigenvalue weighted by atomic mass is 35.5. The number of aryl methyl sites for hydroxylation is 1. The monoisotopic (exact) mass is 204 g/mol. The Morgan fingerprint density at radius 3 is 3.08 bits per heavy atom. The van der Waals surface area contributed by atoms with E-state index in [-0.39, 0.29) is 5.91 Å². The number of carbonyl (C=O) groups is 1. The molecule has 0 aliphatic heterocycles. The Morgan fingerprint density at radius 1 is 1.83 bits per heavy atom. The molecule has 1 heterocycles. The minimum Gasteiger partial charge on any atom is -0.302 e. The molecule has 12 heavy (non-hydrogen) atoms. The number of hydrogen-bond donors (Lipinski definition) is 1. The minimum absolute atomic E-state index is 0.0839. The Kier molecular flexibility index (Phi) is 3.49. The minimum atomic E-state index is -0.0839. The molecule has 1 amide bonds. The van der Waals surface area contributed by atoms with Gasteiger partial charge in [-0.1, -0.05) is 0 Å². The first-order valence-corrected chi connectivity index (χ1v) is 4.91. The summed E-state index contributed by atoms with van der Waals surface area (Å²) in [6.07, 6.45) is 0.334. The van der Waals surface area contributed by atoms with Crippen LogP contribution in [0.3, 0.4) is 0 Å². The molecule has 1 aromatic heterocycles. The highest BCUT2D eigenvalue weighted by Crippen LogP contribution is 2.14. The van der Waals surface area contributed by atoms with E-state index in [1.807, 2.05) is 12.3 Å². The number of nitrogens with one attached hydrogen (secondary N) is 1. The number of rotatable bonds is 3. The molecule has 0 saturated heterocycles. The summed E-state index contributed by atoms with van der Waals surface area (Å²) in [5, 5.41) is 5.17. The normalized spacial score (nSPS) is 9.83. The molecule has 0 bridgehead atoms. The second-order valence-electron chi connectivity index (χ2n) is 2.28. The Labute approximate surface area is 79.8 Å². The number of halogens is 1. The zero-order valence-electron chi connectivity index (χ0n) is 6.63. The van der Waals surface area contributed by atoms with Crippen LogP contribution in [0.1, 0.15) is 12.1 Å². The third-order valence-corrected chi connectivity index (χ3v) is 2.25. The predicted octanol–water partition coefficient (Wildman–Crippen LogP) is 2.02. The van der Waals surface area contributed by atoms with Gasteiger partial charge in [-0.25, -0.2) is 4.98 Å². The van der Waals surface area contributed by atoms with Gasteiger partial charge >= 0.3 is 0 Å². The molecule has 0 aliphatic rings. The standard InChI is InChI=1S/C7H9ClN2OS/c1-5-4-12-7(9-5)10-6(11)2-3-8/h4H,2-3H2,1H3,(H,9,10,11). The van der Waals surface area contributed by atoms with Crippen LogP contribution in [0.15, 0.2) is 5.38 Å². The van der Waals surface area contributed by atoms with Crippen molar-refractivity contribution in [3.8, 4) is 0 Å². The van der Waals surface area contributed by atoms with Crippen LogP contribution in [-0.2, 0) is 4.79 Å². The maximum Gasteiger partial charge on any atom is 0.227 e. The molecule has 66 valence electrons. The lowest BCUT2D eigenvalue weighted by Gasteiger charge is -1.96. The quantitative estimate of drug-likeness (QED) is 0.766. The molecule has 5 heteroatoms. The van der Waals surface area contributed by atoms with Crippen LogP contribution >= 0.6 is 22.9 Å². The summed E-state index contributed by atoms with van der Waals surface area (Å²) in [4.78, 5) is 15.1. The van der Waals surface area contributed by atoms with Crippen LogP contribution in [0.25, 0.3) is 0 Å². The van der Waals surface area contributed by atoms with Crippen molar-refractivity contribution in [1.82, 2.24) is 4.98 Å². The van der Waals surface area contributed by atoms with E-state index < -0.39 is 0 Å². The van der Waals surface area contributed by atoms with Crippen molar-refractivity contribution >= 4 is 34.0 Å². The molecule has 1 N–H and O–H groups in total. The van der Waals surface area contributed by atoms with Crippen molar-refractivity contribution < 1.29 is 4.79 Å². The smallest absolute Gasteiger partial charge is 0.227 e. The molecule has 0 aliphatic carbocycles. The Balaban J connectivity index is 2.46. The molecule has 1 aromatic rings. The van der Waals surface area contributed by atoms with Crippen molar-refractivity contribution in [1.29, 1.82) is 0 Å². The Hall–Kier alpha value is -0.610. The summed E-state index contributed by atoms with van der Waals surface area (Å²) < 4.78 is 0. The molecule has 0 fully saturated rings. The molecule has 0 unspecified atom stereocenters. The van der Waals surface area contributed by atoms with E-state index in [1.165, 1.54) is 11.3 Å². The maximum absolute atomic E-state index is 11.0. The van der Waals surface area contributed by atoms with Gasteiger partial charge in [0.05, 0.1) is 5.69 Å². The Morgan fingerprint density at radius 2 is 2.58 bits per heavy atom. The van der Waals surface area contributed by atoms with Gasteiger partial charge < -0.3 is 5.32 Å². The molecule has 1 rings (SSSR count). The van der Waals surface area contributed by atoms with E-state index in [1.54, 1.807) is 0 Å². The fourth-order valence-corrected chi connectivity index (χ4v) is 1.55. The molecule has 0 radical (unpaired) electrons. The van der Waals surface area contributed by atoms with Crippen LogP contribution in [0.4, 0.5) is 5.13 Å². The third kappa shape index (κ3) is 2.79. The summed E-state index contributed by atoms with van der Waals surface area (Å²) >= 11 is 6.81. The number of amides is 1. The SMILES string of the molecule is Cc1csc(NC(=O)CCCl)n1. The molecular weight excluding hydrogens is 196 g/mol. The predicted molar refractivity (Wildman–Crippen MR) is 50.8 cm³/mol. The molecule has 0 atom stereocenters. The van der Waals surface area contributed by atoms with Crippen molar-refractivity contribution in [2.75, 3.05) is 11.2 Å². The highest BCUT2D eigenvalue weighted by Gasteiger charge is 2.03. The summed E-state index contributed by atoms with van der Waals surface area (Å²) in [5.74, 6) is 0.260. The van der Waals surface area contributed by atoms with Crippen LogP contribution in [-0.4, -0.2) is 16.8 Å². The number of anilines is 1. The number of hydrogen-bond acceptors (Lipinski definition) is 3. The fourth-order valence-electron chi connectivity index (χ4n) is 0.679. The molecular formula is C7H9ClN2OS. The van der Waals surface area contributed by atoms with Gasteiger partial charge in [-0.3, -0.25) is 4.79 Å². The average Bonchev–Trinajstić information content (AvgIpc) is 2.36. The van der Waals surface area contributed by atoms with Gasteiger partial charge in [0, 0.05) is 17.7 Å². The first-order valence-electron chi connectivity index (χ1n) is 3.50. The lowest BCUT2D eigenvalue weighted by Crippen LogP contribution is -2.11. The number of thiazole rings is 1. The zero-order chi connectivity index (χ0) is 8.97. The van der Waals surface area contributed by atoms with E-state index in [2.05, 4.69) is 10.3 Å². The first-order chi connectivity index (χ1) is 5.72. The number of aromatic nitrogens is 1. The van der Waals surface area contributed by atoms with Crippen molar-refractivity contribution in [2.45, 2.75) is 13.3 Å². The van der Waals surface area contributed by atoms with E-state index in [0.717, 1.165) is 5.69 Å². The first kappa shape index (κ1) is 9.48. The van der Waals surface area contributed by atoms with Crippen LogP contribution in [0.5, 0.6) is 0 Å². The largest absolute Gasteiger partial charge is 0.302 e. The lowest BCUT2D eigenvalue weighted by molar-refractivity contribution is -0.115. The molecule has 3 nitrogen and oxygen atoms in total. The van der Waals surface area contributed by atoms with E-state index in [0.29, 0.717) is 17.4 Å². The van der Waals surface area contributed by atoms with E-state index in [9.17, 15) is 4.79 Å². The topological polar surface area (TPSA) is 42.0 Å². The Bertz CT molecular complexity index is 274. The van der Waals surface area contributed by atoms with E-state index >= 15 is 0 Å². The number of carbonyl (C=O) groups excluding carboxylic acids is 1. The van der Waals surface area contributed by atoms with Gasteiger partial charge in [-0.05, 0) is 6.92 Å². The van der Waals surface area contributed by atoms with Gasteiger partial charge in [0.1, 0.15) is 0 Å². The van der Waals surface area contributed by atoms with Crippen LogP contribution < -0.4 is 5.32 Å². The maximum atomic E-state index is 11.0. The summed E-state index contributed by atoms with van der Waals surface area (Å²) in [6.45, 7) is 1.88. The van der Waals surface area contributed by atoms with Crippen LogP contribution in [0, 0.1) is 6.92 Å². The number of nitrogens with zero attached hydrogens (tertiary/aromatic N) is 1. The summed E-state index contributed by atoms with van der Waals surface area (Å²) in [6, 6.07) is 0. The van der Waals surface area contributed by atoms with Gasteiger partial charge in [0.25, 0.3) is 0 Å². The number of alkyl halides is 1. The van der Waals surface area contributed by atoms with Gasteiger partial charge in [-0.15, -0.1) is 22.9 Å². The van der Waals surface area contributed by atoms with Gasteiger partial charge in [0.15, 0.2) is 5.13 Å². The second kappa shape index (κ2) is 4.42. The zero-order valence-corrected chi connectivity index (χ0v) is 8.21. The van der Waals surface area contributed by atoms with Crippen molar-refractivity contribution in [3.05, 3.63) is 11.1 Å². The van der Waals surface area contributed by atoms with Crippen molar-refractivity contribution in [3.63, 3.8) is 0 Å². The fraction of sp³-hybridized carbons (Fsp3) is 0.429. The van der Waals surface area contributed by atoms with Gasteiger partial charge in [0.2, 0.25) is 5.91 Å². The van der Waals surface area contributed by atoms with Crippen LogP contribution in [0.2, 0.25) is 0 Å². The third-order valence-electron chi connectivity index (χ3n) is 1.19. The molecule has 0 spiro atoms. The highest BCUT2D eigenvalue weighted by molar-refractivity contribution is 7.13. The van der Waals surface area contributed by atoms with Gasteiger partial charge in [-0.2, -0.15) is 0 Å². The van der Waals surface area contributed by atoms with Crippen molar-refractivity contribution in [2.24, 2.45) is 0 Å². The summed E-state index contributed by atoms with van der Waals surface area (Å²) in [5.41, 5.74) is 0.918. The summed E-state index contributed by atoms with van der Waals surface area (Å²) in [7, 11) is 0. The average molecular weight is 205 g/mol.